The topological polar surface area (TPSA) is 12.4 Å². The normalized spacial score (nSPS) is 11.6. The van der Waals surface area contributed by atoms with E-state index in [-0.39, 0.29) is 0 Å². The van der Waals surface area contributed by atoms with E-state index in [0.717, 1.165) is 5.69 Å². The summed E-state index contributed by atoms with van der Waals surface area (Å²) in [6, 6.07) is 25.7. The maximum absolute atomic E-state index is 4.77. The highest BCUT2D eigenvalue weighted by Gasteiger charge is 2.05. The Kier molecular flexibility index (Phi) is 3.62. The molecule has 0 aliphatic carbocycles. The minimum Gasteiger partial charge on any atom is -0.256 e. The Morgan fingerprint density at radius 2 is 1.21 bits per heavy atom. The summed E-state index contributed by atoms with van der Waals surface area (Å²) in [4.78, 5) is 4.77. The summed E-state index contributed by atoms with van der Waals surface area (Å²) in [5, 5.41) is 4.98. The Hall–Kier alpha value is -2.93. The molecule has 1 heteroatoms. The number of hydrogen-bond acceptors (Lipinski definition) is 1. The number of aryl methyl sites for hydroxylation is 2. The molecule has 4 rings (SSSR count). The average Bonchev–Trinajstić information content (AvgIpc) is 2.58. The third-order valence-corrected chi connectivity index (χ3v) is 4.36. The summed E-state index contributed by atoms with van der Waals surface area (Å²) in [5.41, 5.74) is 4.67. The standard InChI is InChI=1S/C23H19N/c1-16-11-17(2)13-20(12-16)24-15-23-21-9-5-3-7-18(21)14-19-8-4-6-10-22(19)23/h3-15H,1-2H3. The predicted octanol–water partition coefficient (Wildman–Crippen LogP) is 6.36. The quantitative estimate of drug-likeness (QED) is 0.302. The van der Waals surface area contributed by atoms with Crippen molar-refractivity contribution in [3.05, 3.63) is 89.5 Å². The molecule has 0 N–H and O–H groups in total. The lowest BCUT2D eigenvalue weighted by Crippen LogP contribution is -1.88. The maximum atomic E-state index is 4.77. The van der Waals surface area contributed by atoms with Crippen molar-refractivity contribution in [3.8, 4) is 0 Å². The largest absolute Gasteiger partial charge is 0.256 e. The van der Waals surface area contributed by atoms with Gasteiger partial charge in [-0.2, -0.15) is 0 Å². The molecule has 0 aliphatic heterocycles. The Morgan fingerprint density at radius 1 is 0.667 bits per heavy atom. The lowest BCUT2D eigenvalue weighted by molar-refractivity contribution is 1.36. The number of benzene rings is 4. The van der Waals surface area contributed by atoms with Crippen molar-refractivity contribution in [1.29, 1.82) is 0 Å². The zero-order chi connectivity index (χ0) is 16.5. The van der Waals surface area contributed by atoms with Crippen LogP contribution in [-0.2, 0) is 0 Å². The molecule has 0 atom stereocenters. The van der Waals surface area contributed by atoms with E-state index in [1.165, 1.54) is 38.2 Å². The van der Waals surface area contributed by atoms with E-state index in [1.54, 1.807) is 0 Å². The van der Waals surface area contributed by atoms with Crippen LogP contribution >= 0.6 is 0 Å². The second-order valence-corrected chi connectivity index (χ2v) is 6.34. The first-order valence-corrected chi connectivity index (χ1v) is 8.23. The number of hydrogen-bond donors (Lipinski definition) is 0. The van der Waals surface area contributed by atoms with Gasteiger partial charge in [-0.25, -0.2) is 0 Å². The minimum atomic E-state index is 1.00. The average molecular weight is 309 g/mol. The molecule has 0 aliphatic rings. The molecule has 1 nitrogen and oxygen atoms in total. The smallest absolute Gasteiger partial charge is 0.0635 e. The van der Waals surface area contributed by atoms with E-state index < -0.39 is 0 Å². The Balaban J connectivity index is 1.94. The van der Waals surface area contributed by atoms with E-state index in [9.17, 15) is 0 Å². The zero-order valence-electron chi connectivity index (χ0n) is 14.0. The van der Waals surface area contributed by atoms with Gasteiger partial charge in [0.1, 0.15) is 0 Å². The van der Waals surface area contributed by atoms with Crippen LogP contribution in [0, 0.1) is 13.8 Å². The molecule has 4 aromatic rings. The van der Waals surface area contributed by atoms with Crippen LogP contribution in [0.3, 0.4) is 0 Å². The van der Waals surface area contributed by atoms with Gasteiger partial charge in [-0.3, -0.25) is 4.99 Å². The van der Waals surface area contributed by atoms with E-state index in [1.807, 2.05) is 6.21 Å². The van der Waals surface area contributed by atoms with Crippen molar-refractivity contribution in [1.82, 2.24) is 0 Å². The van der Waals surface area contributed by atoms with E-state index >= 15 is 0 Å². The predicted molar refractivity (Wildman–Crippen MR) is 105 cm³/mol. The highest BCUT2D eigenvalue weighted by molar-refractivity contribution is 6.13. The molecular weight excluding hydrogens is 290 g/mol. The van der Waals surface area contributed by atoms with Crippen LogP contribution in [0.2, 0.25) is 0 Å². The first-order chi connectivity index (χ1) is 11.7. The number of rotatable bonds is 2. The molecule has 0 heterocycles. The molecule has 0 radical (unpaired) electrons. The van der Waals surface area contributed by atoms with Crippen LogP contribution < -0.4 is 0 Å². The van der Waals surface area contributed by atoms with Crippen LogP contribution in [0.1, 0.15) is 16.7 Å². The fourth-order valence-electron chi connectivity index (χ4n) is 3.35. The third kappa shape index (κ3) is 2.69. The van der Waals surface area contributed by atoms with Crippen LogP contribution in [0.15, 0.2) is 77.8 Å². The highest BCUT2D eigenvalue weighted by atomic mass is 14.7. The summed E-state index contributed by atoms with van der Waals surface area (Å²) in [7, 11) is 0. The number of nitrogens with zero attached hydrogens (tertiary/aromatic N) is 1. The van der Waals surface area contributed by atoms with Gasteiger partial charge < -0.3 is 0 Å². The monoisotopic (exact) mass is 309 g/mol. The van der Waals surface area contributed by atoms with Gasteiger partial charge in [0.15, 0.2) is 0 Å². The Morgan fingerprint density at radius 3 is 1.79 bits per heavy atom. The van der Waals surface area contributed by atoms with Gasteiger partial charge in [-0.15, -0.1) is 0 Å². The summed E-state index contributed by atoms with van der Waals surface area (Å²) in [5.74, 6) is 0. The van der Waals surface area contributed by atoms with Gasteiger partial charge in [-0.05, 0) is 64.7 Å². The van der Waals surface area contributed by atoms with Gasteiger partial charge in [0, 0.05) is 11.8 Å². The van der Waals surface area contributed by atoms with Crippen molar-refractivity contribution in [3.63, 3.8) is 0 Å². The molecule has 24 heavy (non-hydrogen) atoms. The first-order valence-electron chi connectivity index (χ1n) is 8.23. The van der Waals surface area contributed by atoms with Crippen molar-refractivity contribution in [2.75, 3.05) is 0 Å². The van der Waals surface area contributed by atoms with Crippen LogP contribution in [0.25, 0.3) is 21.5 Å². The van der Waals surface area contributed by atoms with Gasteiger partial charge in [-0.1, -0.05) is 54.6 Å². The Bertz CT molecular complexity index is 1000. The molecule has 116 valence electrons. The van der Waals surface area contributed by atoms with Crippen molar-refractivity contribution in [2.45, 2.75) is 13.8 Å². The number of aliphatic imine (C=N–C) groups is 1. The molecular formula is C23H19N. The van der Waals surface area contributed by atoms with Crippen LogP contribution in [0.5, 0.6) is 0 Å². The minimum absolute atomic E-state index is 1.00. The van der Waals surface area contributed by atoms with E-state index in [2.05, 4.69) is 86.6 Å². The molecule has 0 aromatic heterocycles. The number of fused-ring (bicyclic) bond motifs is 2. The second kappa shape index (κ2) is 5.93. The van der Waals surface area contributed by atoms with Gasteiger partial charge in [0.2, 0.25) is 0 Å². The molecule has 0 saturated heterocycles. The second-order valence-electron chi connectivity index (χ2n) is 6.34. The van der Waals surface area contributed by atoms with Crippen molar-refractivity contribution < 1.29 is 0 Å². The van der Waals surface area contributed by atoms with Crippen LogP contribution in [-0.4, -0.2) is 6.21 Å². The lowest BCUT2D eigenvalue weighted by atomic mass is 9.97. The fourth-order valence-corrected chi connectivity index (χ4v) is 3.35. The van der Waals surface area contributed by atoms with Crippen molar-refractivity contribution >= 4 is 33.4 Å². The maximum Gasteiger partial charge on any atom is 0.0635 e. The summed E-state index contributed by atoms with van der Waals surface area (Å²) in [6.45, 7) is 4.22. The van der Waals surface area contributed by atoms with Crippen LogP contribution in [0.4, 0.5) is 5.69 Å². The van der Waals surface area contributed by atoms with Gasteiger partial charge in [0.05, 0.1) is 5.69 Å². The Labute approximate surface area is 142 Å². The van der Waals surface area contributed by atoms with Gasteiger partial charge in [0.25, 0.3) is 0 Å². The van der Waals surface area contributed by atoms with E-state index in [4.69, 9.17) is 4.99 Å². The molecule has 0 saturated carbocycles. The lowest BCUT2D eigenvalue weighted by Gasteiger charge is -2.08. The SMILES string of the molecule is Cc1cc(C)cc(N=Cc2c3ccccc3cc3ccccc23)c1. The molecule has 0 unspecified atom stereocenters. The van der Waals surface area contributed by atoms with E-state index in [0.29, 0.717) is 0 Å². The van der Waals surface area contributed by atoms with Crippen molar-refractivity contribution in [2.24, 2.45) is 4.99 Å². The summed E-state index contributed by atoms with van der Waals surface area (Å²) < 4.78 is 0. The molecule has 0 bridgehead atoms. The zero-order valence-corrected chi connectivity index (χ0v) is 14.0. The first kappa shape index (κ1) is 14.6. The third-order valence-electron chi connectivity index (χ3n) is 4.36. The molecule has 0 spiro atoms. The summed E-state index contributed by atoms with van der Waals surface area (Å²) >= 11 is 0. The fraction of sp³-hybridized carbons (Fsp3) is 0.0870. The highest BCUT2D eigenvalue weighted by Crippen LogP contribution is 2.28. The molecule has 0 amide bonds. The molecule has 4 aromatic carbocycles. The molecule has 0 fully saturated rings. The van der Waals surface area contributed by atoms with Gasteiger partial charge >= 0.3 is 0 Å². The summed E-state index contributed by atoms with van der Waals surface area (Å²) in [6.07, 6.45) is 2.01.